The van der Waals surface area contributed by atoms with E-state index in [1.807, 2.05) is 49.4 Å². The van der Waals surface area contributed by atoms with E-state index in [2.05, 4.69) is 16.6 Å². The predicted molar refractivity (Wildman–Crippen MR) is 104 cm³/mol. The highest BCUT2D eigenvalue weighted by molar-refractivity contribution is 7.89. The normalized spacial score (nSPS) is 11.0. The Morgan fingerprint density at radius 3 is 2.46 bits per heavy atom. The second-order valence-corrected chi connectivity index (χ2v) is 7.52. The van der Waals surface area contributed by atoms with Crippen molar-refractivity contribution in [3.05, 3.63) is 72.3 Å². The third-order valence-electron chi connectivity index (χ3n) is 3.86. The Labute approximate surface area is 153 Å². The minimum Gasteiger partial charge on any atom is -0.480 e. The fourth-order valence-electron chi connectivity index (χ4n) is 2.48. The van der Waals surface area contributed by atoms with Crippen LogP contribution in [0.25, 0.3) is 10.8 Å². The second kappa shape index (κ2) is 8.05. The van der Waals surface area contributed by atoms with Crippen molar-refractivity contribution in [2.45, 2.75) is 11.8 Å². The third kappa shape index (κ3) is 4.42. The second-order valence-electron chi connectivity index (χ2n) is 5.76. The molecule has 0 aliphatic rings. The number of sulfonamides is 1. The molecule has 0 unspecified atom stereocenters. The fourth-order valence-corrected chi connectivity index (χ4v) is 3.40. The van der Waals surface area contributed by atoms with E-state index in [9.17, 15) is 8.42 Å². The molecule has 0 amide bonds. The monoisotopic (exact) mass is 365 g/mol. The summed E-state index contributed by atoms with van der Waals surface area (Å²) in [5.41, 5.74) is 1.01. The summed E-state index contributed by atoms with van der Waals surface area (Å²) in [7, 11) is -3.54. The number of benzene rings is 3. The van der Waals surface area contributed by atoms with Gasteiger partial charge in [-0.1, -0.05) is 65.9 Å². The number of nitrogens with one attached hydrogen (secondary N) is 1. The van der Waals surface area contributed by atoms with E-state index in [0.29, 0.717) is 0 Å². The summed E-state index contributed by atoms with van der Waals surface area (Å²) in [6.07, 6.45) is 0. The molecule has 3 aromatic carbocycles. The standard InChI is InChI=1S/C21H19NO3S/c1-17-11-13-19(14-12-17)26(23,24)22-15-4-5-16-25-21-10-6-8-18-7-2-3-9-20(18)21/h2-3,6-14,22H,15-16H2,1H3. The maximum absolute atomic E-state index is 12.1. The van der Waals surface area contributed by atoms with Crippen molar-refractivity contribution in [3.63, 3.8) is 0 Å². The SMILES string of the molecule is Cc1ccc(S(=O)(=O)NCC#CCOc2cccc3ccccc23)cc1. The van der Waals surface area contributed by atoms with E-state index in [1.165, 1.54) is 0 Å². The zero-order chi connectivity index (χ0) is 18.4. The van der Waals surface area contributed by atoms with Gasteiger partial charge in [-0.2, -0.15) is 4.72 Å². The van der Waals surface area contributed by atoms with Crippen molar-refractivity contribution in [2.24, 2.45) is 0 Å². The van der Waals surface area contributed by atoms with Crippen molar-refractivity contribution in [1.82, 2.24) is 4.72 Å². The first-order valence-electron chi connectivity index (χ1n) is 8.19. The van der Waals surface area contributed by atoms with Crippen molar-refractivity contribution in [3.8, 4) is 17.6 Å². The van der Waals surface area contributed by atoms with Gasteiger partial charge < -0.3 is 4.74 Å². The van der Waals surface area contributed by atoms with E-state index < -0.39 is 10.0 Å². The lowest BCUT2D eigenvalue weighted by Crippen LogP contribution is -2.24. The molecule has 0 aliphatic carbocycles. The number of rotatable bonds is 5. The molecule has 0 fully saturated rings. The van der Waals surface area contributed by atoms with Gasteiger partial charge in [-0.05, 0) is 30.5 Å². The van der Waals surface area contributed by atoms with E-state index in [0.717, 1.165) is 22.1 Å². The van der Waals surface area contributed by atoms with Crippen LogP contribution in [0.2, 0.25) is 0 Å². The van der Waals surface area contributed by atoms with E-state index in [-0.39, 0.29) is 18.0 Å². The van der Waals surface area contributed by atoms with Crippen molar-refractivity contribution in [1.29, 1.82) is 0 Å². The molecule has 0 aromatic heterocycles. The van der Waals surface area contributed by atoms with Gasteiger partial charge in [-0.25, -0.2) is 8.42 Å². The average Bonchev–Trinajstić information content (AvgIpc) is 2.65. The summed E-state index contributed by atoms with van der Waals surface area (Å²) >= 11 is 0. The Morgan fingerprint density at radius 1 is 0.923 bits per heavy atom. The fraction of sp³-hybridized carbons (Fsp3) is 0.143. The molecule has 0 radical (unpaired) electrons. The van der Waals surface area contributed by atoms with Crippen LogP contribution in [0.4, 0.5) is 0 Å². The number of hydrogen-bond acceptors (Lipinski definition) is 3. The molecule has 0 atom stereocenters. The highest BCUT2D eigenvalue weighted by atomic mass is 32.2. The number of hydrogen-bond donors (Lipinski definition) is 1. The molecule has 3 rings (SSSR count). The molecule has 132 valence electrons. The van der Waals surface area contributed by atoms with Crippen molar-refractivity contribution >= 4 is 20.8 Å². The van der Waals surface area contributed by atoms with Gasteiger partial charge in [-0.3, -0.25) is 0 Å². The third-order valence-corrected chi connectivity index (χ3v) is 5.27. The lowest BCUT2D eigenvalue weighted by Gasteiger charge is -2.06. The lowest BCUT2D eigenvalue weighted by molar-refractivity contribution is 0.374. The maximum atomic E-state index is 12.1. The number of fused-ring (bicyclic) bond motifs is 1. The van der Waals surface area contributed by atoms with Gasteiger partial charge in [0.15, 0.2) is 0 Å². The summed E-state index contributed by atoms with van der Waals surface area (Å²) in [5, 5.41) is 2.13. The molecule has 0 heterocycles. The first-order chi connectivity index (χ1) is 12.6. The van der Waals surface area contributed by atoms with Crippen molar-refractivity contribution < 1.29 is 13.2 Å². The van der Waals surface area contributed by atoms with Gasteiger partial charge in [0, 0.05) is 5.39 Å². The van der Waals surface area contributed by atoms with E-state index in [1.54, 1.807) is 24.3 Å². The predicted octanol–water partition coefficient (Wildman–Crippen LogP) is 3.51. The Bertz CT molecular complexity index is 1060. The Hall–Kier alpha value is -2.81. The molecule has 0 saturated carbocycles. The van der Waals surface area contributed by atoms with E-state index >= 15 is 0 Å². The first-order valence-corrected chi connectivity index (χ1v) is 9.67. The van der Waals surface area contributed by atoms with Gasteiger partial charge >= 0.3 is 0 Å². The maximum Gasteiger partial charge on any atom is 0.241 e. The van der Waals surface area contributed by atoms with Crippen LogP contribution in [-0.2, 0) is 10.0 Å². The van der Waals surface area contributed by atoms with Gasteiger partial charge in [-0.15, -0.1) is 0 Å². The Balaban J connectivity index is 1.55. The van der Waals surface area contributed by atoms with Gasteiger partial charge in [0.1, 0.15) is 12.4 Å². The van der Waals surface area contributed by atoms with Crippen LogP contribution in [0.5, 0.6) is 5.75 Å². The van der Waals surface area contributed by atoms with Gasteiger partial charge in [0.25, 0.3) is 0 Å². The van der Waals surface area contributed by atoms with Crippen LogP contribution in [0.3, 0.4) is 0 Å². The molecule has 0 spiro atoms. The molecule has 1 N–H and O–H groups in total. The van der Waals surface area contributed by atoms with Crippen LogP contribution in [0, 0.1) is 18.8 Å². The number of aryl methyl sites for hydroxylation is 1. The Kier molecular flexibility index (Phi) is 5.57. The minimum absolute atomic E-state index is 0.0368. The van der Waals surface area contributed by atoms with Crippen LogP contribution in [-0.4, -0.2) is 21.6 Å². The van der Waals surface area contributed by atoms with Crippen LogP contribution in [0.1, 0.15) is 5.56 Å². The summed E-state index contributed by atoms with van der Waals surface area (Å²) < 4.78 is 32.4. The quantitative estimate of drug-likeness (QED) is 0.704. The summed E-state index contributed by atoms with van der Waals surface area (Å²) in [6.45, 7) is 2.14. The van der Waals surface area contributed by atoms with Gasteiger partial charge in [0.2, 0.25) is 10.0 Å². The summed E-state index contributed by atoms with van der Waals surface area (Å²) in [6, 6.07) is 20.5. The summed E-state index contributed by atoms with van der Waals surface area (Å²) in [5.74, 6) is 6.37. The number of ether oxygens (including phenoxy) is 1. The molecule has 26 heavy (non-hydrogen) atoms. The van der Waals surface area contributed by atoms with Crippen molar-refractivity contribution in [2.75, 3.05) is 13.2 Å². The molecular formula is C21H19NO3S. The van der Waals surface area contributed by atoms with Crippen LogP contribution in [0.15, 0.2) is 71.6 Å². The molecule has 5 heteroatoms. The highest BCUT2D eigenvalue weighted by Crippen LogP contribution is 2.24. The zero-order valence-electron chi connectivity index (χ0n) is 14.4. The molecule has 3 aromatic rings. The minimum atomic E-state index is -3.54. The largest absolute Gasteiger partial charge is 0.480 e. The molecule has 0 aliphatic heterocycles. The van der Waals surface area contributed by atoms with Gasteiger partial charge in [0.05, 0.1) is 11.4 Å². The first kappa shape index (κ1) is 18.0. The highest BCUT2D eigenvalue weighted by Gasteiger charge is 2.11. The smallest absolute Gasteiger partial charge is 0.241 e. The zero-order valence-corrected chi connectivity index (χ0v) is 15.2. The van der Waals surface area contributed by atoms with Crippen LogP contribution >= 0.6 is 0 Å². The van der Waals surface area contributed by atoms with Crippen LogP contribution < -0.4 is 9.46 Å². The average molecular weight is 365 g/mol. The van der Waals surface area contributed by atoms with E-state index in [4.69, 9.17) is 4.74 Å². The molecule has 0 bridgehead atoms. The Morgan fingerprint density at radius 2 is 1.65 bits per heavy atom. The lowest BCUT2D eigenvalue weighted by atomic mass is 10.1. The summed E-state index contributed by atoms with van der Waals surface area (Å²) in [4.78, 5) is 0.233. The molecule has 0 saturated heterocycles. The molecular weight excluding hydrogens is 346 g/mol. The topological polar surface area (TPSA) is 55.4 Å². The molecule has 4 nitrogen and oxygen atoms in total.